The standard InChI is InChI=1S/C16H23F2N3OS/c1-21-6-2-4-11(14(21)13-5-3-7-23-13)9-19-15(22)12-8-16(17,18)10-20-12/h3,5,7,11-12,14,20H,2,4,6,8-10H2,1H3,(H,19,22). The number of carbonyl (C=O) groups is 1. The van der Waals surface area contributed by atoms with Gasteiger partial charge in [0.15, 0.2) is 0 Å². The number of nitrogens with zero attached hydrogens (tertiary/aromatic N) is 1. The molecule has 2 aliphatic heterocycles. The summed E-state index contributed by atoms with van der Waals surface area (Å²) in [6.07, 6.45) is 1.73. The second-order valence-corrected chi connectivity index (χ2v) is 7.56. The number of carbonyl (C=O) groups excluding carboxylic acids is 1. The molecule has 0 aliphatic carbocycles. The number of rotatable bonds is 4. The summed E-state index contributed by atoms with van der Waals surface area (Å²) in [6.45, 7) is 1.17. The van der Waals surface area contributed by atoms with Gasteiger partial charge in [0.2, 0.25) is 5.91 Å². The SMILES string of the molecule is CN1CCCC(CNC(=O)C2CC(F)(F)CN2)C1c1cccs1. The molecule has 4 nitrogen and oxygen atoms in total. The number of likely N-dealkylation sites (tertiary alicyclic amines) is 1. The van der Waals surface area contributed by atoms with E-state index in [-0.39, 0.29) is 5.91 Å². The third-order valence-corrected chi connectivity index (χ3v) is 5.75. The van der Waals surface area contributed by atoms with Gasteiger partial charge in [-0.15, -0.1) is 11.3 Å². The molecule has 0 saturated carbocycles. The lowest BCUT2D eigenvalue weighted by atomic mass is 9.88. The van der Waals surface area contributed by atoms with Crippen LogP contribution in [0.4, 0.5) is 8.78 Å². The first-order valence-corrected chi connectivity index (χ1v) is 8.97. The van der Waals surface area contributed by atoms with E-state index in [0.717, 1.165) is 19.4 Å². The molecular weight excluding hydrogens is 320 g/mol. The minimum absolute atomic E-state index is 0.294. The predicted molar refractivity (Wildman–Crippen MR) is 86.8 cm³/mol. The fourth-order valence-electron chi connectivity index (χ4n) is 3.64. The Hall–Kier alpha value is -1.05. The maximum atomic E-state index is 13.2. The number of piperidine rings is 1. The summed E-state index contributed by atoms with van der Waals surface area (Å²) in [5, 5.41) is 7.57. The van der Waals surface area contributed by atoms with Crippen LogP contribution >= 0.6 is 11.3 Å². The molecule has 128 valence electrons. The van der Waals surface area contributed by atoms with Gasteiger partial charge in [-0.05, 0) is 43.8 Å². The maximum Gasteiger partial charge on any atom is 0.262 e. The van der Waals surface area contributed by atoms with E-state index in [2.05, 4.69) is 34.0 Å². The Kier molecular flexibility index (Phi) is 4.98. The van der Waals surface area contributed by atoms with E-state index in [1.807, 2.05) is 6.07 Å². The molecular formula is C16H23F2N3OS. The van der Waals surface area contributed by atoms with E-state index in [1.54, 1.807) is 11.3 Å². The Morgan fingerprint density at radius 3 is 3.04 bits per heavy atom. The summed E-state index contributed by atoms with van der Waals surface area (Å²) >= 11 is 1.73. The molecule has 3 heterocycles. The second kappa shape index (κ2) is 6.83. The number of nitrogens with one attached hydrogen (secondary N) is 2. The van der Waals surface area contributed by atoms with E-state index in [4.69, 9.17) is 0 Å². The monoisotopic (exact) mass is 343 g/mol. The zero-order valence-electron chi connectivity index (χ0n) is 13.2. The zero-order valence-corrected chi connectivity index (χ0v) is 14.0. The Morgan fingerprint density at radius 2 is 2.39 bits per heavy atom. The molecule has 3 atom stereocenters. The highest BCUT2D eigenvalue weighted by molar-refractivity contribution is 7.10. The molecule has 0 bridgehead atoms. The van der Waals surface area contributed by atoms with Gasteiger partial charge in [-0.1, -0.05) is 6.07 Å². The van der Waals surface area contributed by atoms with E-state index in [9.17, 15) is 13.6 Å². The molecule has 23 heavy (non-hydrogen) atoms. The van der Waals surface area contributed by atoms with Crippen LogP contribution in [0.1, 0.15) is 30.2 Å². The molecule has 3 unspecified atom stereocenters. The average Bonchev–Trinajstić information content (AvgIpc) is 3.14. The van der Waals surface area contributed by atoms with Crippen LogP contribution in [0.5, 0.6) is 0 Å². The van der Waals surface area contributed by atoms with Gasteiger partial charge in [0, 0.05) is 23.9 Å². The predicted octanol–water partition coefficient (Wildman–Crippen LogP) is 2.24. The Labute approximate surface area is 139 Å². The van der Waals surface area contributed by atoms with Gasteiger partial charge in [-0.2, -0.15) is 0 Å². The summed E-state index contributed by atoms with van der Waals surface area (Å²) in [7, 11) is 2.11. The van der Waals surface area contributed by atoms with Gasteiger partial charge in [0.1, 0.15) is 0 Å². The molecule has 0 radical (unpaired) electrons. The zero-order chi connectivity index (χ0) is 16.4. The van der Waals surface area contributed by atoms with E-state index >= 15 is 0 Å². The Morgan fingerprint density at radius 1 is 1.57 bits per heavy atom. The van der Waals surface area contributed by atoms with Crippen molar-refractivity contribution in [3.05, 3.63) is 22.4 Å². The van der Waals surface area contributed by atoms with E-state index < -0.39 is 24.9 Å². The number of amides is 1. The topological polar surface area (TPSA) is 44.4 Å². The van der Waals surface area contributed by atoms with Gasteiger partial charge in [-0.25, -0.2) is 8.78 Å². The van der Waals surface area contributed by atoms with Crippen molar-refractivity contribution in [3.63, 3.8) is 0 Å². The molecule has 0 spiro atoms. The van der Waals surface area contributed by atoms with Crippen LogP contribution in [0, 0.1) is 5.92 Å². The summed E-state index contributed by atoms with van der Waals surface area (Å²) < 4.78 is 26.4. The number of hydrogen-bond acceptors (Lipinski definition) is 4. The third-order valence-electron chi connectivity index (χ3n) is 4.81. The largest absolute Gasteiger partial charge is 0.354 e. The van der Waals surface area contributed by atoms with Crippen LogP contribution in [0.15, 0.2) is 17.5 Å². The summed E-state index contributed by atoms with van der Waals surface area (Å²) in [5.41, 5.74) is 0. The molecule has 2 fully saturated rings. The van der Waals surface area contributed by atoms with E-state index in [0.29, 0.717) is 18.5 Å². The van der Waals surface area contributed by atoms with Crippen LogP contribution in [0.3, 0.4) is 0 Å². The lowest BCUT2D eigenvalue weighted by Gasteiger charge is -2.39. The molecule has 2 N–H and O–H groups in total. The van der Waals surface area contributed by atoms with Crippen LogP contribution < -0.4 is 10.6 Å². The van der Waals surface area contributed by atoms with Gasteiger partial charge in [0.05, 0.1) is 12.6 Å². The number of hydrogen-bond donors (Lipinski definition) is 2. The number of halogens is 2. The summed E-state index contributed by atoms with van der Waals surface area (Å²) in [6, 6.07) is 3.70. The second-order valence-electron chi connectivity index (χ2n) is 6.58. The van der Waals surface area contributed by atoms with Crippen molar-refractivity contribution >= 4 is 17.2 Å². The van der Waals surface area contributed by atoms with Crippen molar-refractivity contribution in [2.24, 2.45) is 5.92 Å². The first kappa shape index (κ1) is 16.8. The summed E-state index contributed by atoms with van der Waals surface area (Å²) in [4.78, 5) is 15.8. The van der Waals surface area contributed by atoms with Crippen molar-refractivity contribution in [2.75, 3.05) is 26.7 Å². The highest BCUT2D eigenvalue weighted by atomic mass is 32.1. The third kappa shape index (κ3) is 3.89. The molecule has 1 aromatic rings. The molecule has 2 saturated heterocycles. The van der Waals surface area contributed by atoms with Crippen LogP contribution in [0.25, 0.3) is 0 Å². The normalized spacial score (nSPS) is 31.2. The van der Waals surface area contributed by atoms with Gasteiger partial charge < -0.3 is 5.32 Å². The van der Waals surface area contributed by atoms with E-state index in [1.165, 1.54) is 4.88 Å². The van der Waals surface area contributed by atoms with Gasteiger partial charge in [-0.3, -0.25) is 15.0 Å². The highest BCUT2D eigenvalue weighted by Crippen LogP contribution is 2.36. The first-order valence-electron chi connectivity index (χ1n) is 8.09. The smallest absolute Gasteiger partial charge is 0.262 e. The Balaban J connectivity index is 1.59. The van der Waals surface area contributed by atoms with Crippen molar-refractivity contribution in [1.29, 1.82) is 0 Å². The molecule has 1 amide bonds. The molecule has 3 rings (SSSR count). The molecule has 2 aliphatic rings. The molecule has 7 heteroatoms. The van der Waals surface area contributed by atoms with Crippen molar-refractivity contribution in [1.82, 2.24) is 15.5 Å². The highest BCUT2D eigenvalue weighted by Gasteiger charge is 2.42. The van der Waals surface area contributed by atoms with Crippen LogP contribution in [-0.4, -0.2) is 49.5 Å². The Bertz CT molecular complexity index is 537. The summed E-state index contributed by atoms with van der Waals surface area (Å²) in [5.74, 6) is -2.76. The lowest BCUT2D eigenvalue weighted by Crippen LogP contribution is -2.45. The lowest BCUT2D eigenvalue weighted by molar-refractivity contribution is -0.123. The fraction of sp³-hybridized carbons (Fsp3) is 0.688. The average molecular weight is 343 g/mol. The van der Waals surface area contributed by atoms with Gasteiger partial charge >= 0.3 is 0 Å². The maximum absolute atomic E-state index is 13.2. The van der Waals surface area contributed by atoms with Crippen LogP contribution in [-0.2, 0) is 4.79 Å². The fourth-order valence-corrected chi connectivity index (χ4v) is 4.62. The minimum atomic E-state index is -2.77. The van der Waals surface area contributed by atoms with Crippen LogP contribution in [0.2, 0.25) is 0 Å². The quantitative estimate of drug-likeness (QED) is 0.881. The number of alkyl halides is 2. The molecule has 1 aromatic heterocycles. The number of thiophene rings is 1. The minimum Gasteiger partial charge on any atom is -0.354 e. The molecule has 0 aromatic carbocycles. The van der Waals surface area contributed by atoms with Crippen molar-refractivity contribution in [3.8, 4) is 0 Å². The first-order chi connectivity index (χ1) is 11.0. The van der Waals surface area contributed by atoms with Gasteiger partial charge in [0.25, 0.3) is 5.92 Å². The van der Waals surface area contributed by atoms with Crippen molar-refractivity contribution < 1.29 is 13.6 Å². The van der Waals surface area contributed by atoms with Crippen molar-refractivity contribution in [2.45, 2.75) is 37.3 Å².